The molecule has 1 N–H and O–H groups in total. The Kier molecular flexibility index (Phi) is 8.46. The molecule has 2 aromatic rings. The van der Waals surface area contributed by atoms with Gasteiger partial charge in [-0.1, -0.05) is 23.8 Å². The van der Waals surface area contributed by atoms with E-state index in [1.807, 2.05) is 6.08 Å². The van der Waals surface area contributed by atoms with Crippen LogP contribution in [0.3, 0.4) is 0 Å². The van der Waals surface area contributed by atoms with E-state index in [0.29, 0.717) is 28.9 Å². The number of aromatic amines is 1. The normalized spacial score (nSPS) is 23.4. The van der Waals surface area contributed by atoms with Crippen molar-refractivity contribution < 1.29 is 13.9 Å². The fourth-order valence-corrected chi connectivity index (χ4v) is 5.74. The average Bonchev–Trinajstić information content (AvgIpc) is 3.62. The number of anilines is 1. The van der Waals surface area contributed by atoms with Crippen LogP contribution < -0.4 is 10.6 Å². The maximum absolute atomic E-state index is 14.8. The first kappa shape index (κ1) is 27.5. The van der Waals surface area contributed by atoms with E-state index in [4.69, 9.17) is 16.3 Å². The molecule has 0 aromatic carbocycles. The lowest BCUT2D eigenvalue weighted by atomic mass is 9.90. The van der Waals surface area contributed by atoms with Crippen molar-refractivity contribution in [3.63, 3.8) is 0 Å². The van der Waals surface area contributed by atoms with Gasteiger partial charge in [0.2, 0.25) is 11.9 Å². The Bertz CT molecular complexity index is 1280. The van der Waals surface area contributed by atoms with Crippen LogP contribution in [-0.4, -0.2) is 68.4 Å². The minimum absolute atomic E-state index is 0.0463. The predicted molar refractivity (Wildman–Crippen MR) is 145 cm³/mol. The van der Waals surface area contributed by atoms with Crippen molar-refractivity contribution in [2.45, 2.75) is 51.2 Å². The van der Waals surface area contributed by atoms with Gasteiger partial charge in [0.05, 0.1) is 36.5 Å². The number of aromatic nitrogens is 5. The average molecular weight is 560 g/mol. The van der Waals surface area contributed by atoms with Crippen LogP contribution in [-0.2, 0) is 23.1 Å². The van der Waals surface area contributed by atoms with Gasteiger partial charge in [-0.25, -0.2) is 23.8 Å². The Morgan fingerprint density at radius 1 is 1.28 bits per heavy atom. The molecule has 39 heavy (non-hydrogen) atoms. The van der Waals surface area contributed by atoms with Gasteiger partial charge in [0.25, 0.3) is 0 Å². The summed E-state index contributed by atoms with van der Waals surface area (Å²) < 4.78 is 21.9. The highest BCUT2D eigenvalue weighted by Gasteiger charge is 2.43. The maximum atomic E-state index is 14.8. The van der Waals surface area contributed by atoms with Gasteiger partial charge in [-0.3, -0.25) is 9.78 Å². The van der Waals surface area contributed by atoms with Crippen LogP contribution in [0.15, 0.2) is 40.7 Å². The smallest absolute Gasteiger partial charge is 0.343 e. The number of H-pyrrole nitrogens is 1. The van der Waals surface area contributed by atoms with Crippen molar-refractivity contribution in [3.8, 4) is 0 Å². The molecule has 12 heteroatoms. The van der Waals surface area contributed by atoms with Gasteiger partial charge >= 0.3 is 5.69 Å². The molecule has 1 aliphatic heterocycles. The van der Waals surface area contributed by atoms with E-state index in [1.54, 1.807) is 25.5 Å². The second-order valence-electron chi connectivity index (χ2n) is 10.8. The zero-order valence-electron chi connectivity index (χ0n) is 22.4. The second-order valence-corrected chi connectivity index (χ2v) is 11.2. The van der Waals surface area contributed by atoms with Gasteiger partial charge in [-0.15, -0.1) is 0 Å². The van der Waals surface area contributed by atoms with Crippen molar-refractivity contribution in [1.29, 1.82) is 0 Å². The molecule has 1 saturated heterocycles. The molecule has 210 valence electrons. The lowest BCUT2D eigenvalue weighted by Crippen LogP contribution is -2.35. The number of carbonyl (C=O) groups excluding carboxylic acids is 1. The monoisotopic (exact) mass is 559 g/mol. The molecule has 5 rings (SSSR count). The summed E-state index contributed by atoms with van der Waals surface area (Å²) in [6.45, 7) is 2.69. The van der Waals surface area contributed by atoms with Crippen LogP contribution in [0.2, 0.25) is 5.02 Å². The molecule has 1 saturated carbocycles. The number of amides is 1. The van der Waals surface area contributed by atoms with Crippen LogP contribution in [0.25, 0.3) is 0 Å². The summed E-state index contributed by atoms with van der Waals surface area (Å²) >= 11 is 5.90. The first-order valence-electron chi connectivity index (χ1n) is 13.5. The predicted octanol–water partition coefficient (Wildman–Crippen LogP) is 3.41. The van der Waals surface area contributed by atoms with Crippen molar-refractivity contribution >= 4 is 23.5 Å². The third-order valence-corrected chi connectivity index (χ3v) is 8.24. The summed E-state index contributed by atoms with van der Waals surface area (Å²) in [6, 6.07) is 0. The zero-order chi connectivity index (χ0) is 27.5. The first-order valence-corrected chi connectivity index (χ1v) is 13.9. The van der Waals surface area contributed by atoms with Gasteiger partial charge in [-0.05, 0) is 49.0 Å². The van der Waals surface area contributed by atoms with E-state index in [2.05, 4.69) is 25.0 Å². The lowest BCUT2D eigenvalue weighted by molar-refractivity contribution is -0.129. The molecule has 10 nitrogen and oxygen atoms in total. The zero-order valence-corrected chi connectivity index (χ0v) is 23.1. The molecule has 2 aliphatic carbocycles. The van der Waals surface area contributed by atoms with Crippen LogP contribution in [0, 0.1) is 17.8 Å². The number of aryl methyl sites for hydroxylation is 1. The molecule has 0 spiro atoms. The number of nitrogens with zero attached hydrogens (tertiary/aromatic N) is 6. The van der Waals surface area contributed by atoms with E-state index >= 15 is 0 Å². The fraction of sp³-hybridized carbons (Fsp3) is 0.593. The minimum Gasteiger partial charge on any atom is -0.374 e. The molecule has 3 heterocycles. The number of piperidine rings is 1. The maximum Gasteiger partial charge on any atom is 0.343 e. The molecule has 1 amide bonds. The summed E-state index contributed by atoms with van der Waals surface area (Å²) in [7, 11) is 3.14. The van der Waals surface area contributed by atoms with Gasteiger partial charge in [0, 0.05) is 40.2 Å². The van der Waals surface area contributed by atoms with Gasteiger partial charge in [0.1, 0.15) is 5.83 Å². The quantitative estimate of drug-likeness (QED) is 0.475. The molecular formula is C27H35ClFN7O3. The Balaban J connectivity index is 0.991. The van der Waals surface area contributed by atoms with Crippen LogP contribution in [0.5, 0.6) is 0 Å². The molecule has 2 fully saturated rings. The standard InChI is InChI=1S/C27H35ClFN7O3/c1-34(16-24-32-27(38)35(2)33-24)25(37)12-19-3-4-21(13-23(19)29)39-10-7-18-11-22(18)17-5-8-36(9-6-17)26-30-14-20(28)15-31-26/h3-4,14-15,17-18,21-22H,5-13,16H2,1-2H3,(H,32,33,38)/t18-,21?,22-/m1/s1. The fourth-order valence-electron chi connectivity index (χ4n) is 5.64. The van der Waals surface area contributed by atoms with Gasteiger partial charge in [-0.2, -0.15) is 5.10 Å². The third-order valence-electron chi connectivity index (χ3n) is 8.04. The first-order chi connectivity index (χ1) is 18.8. The molecule has 0 radical (unpaired) electrons. The van der Waals surface area contributed by atoms with E-state index in [1.165, 1.54) is 23.1 Å². The number of halogens is 2. The minimum atomic E-state index is -0.343. The molecule has 2 aromatic heterocycles. The van der Waals surface area contributed by atoms with Crippen molar-refractivity contribution in [2.24, 2.45) is 24.8 Å². The summed E-state index contributed by atoms with van der Waals surface area (Å²) in [5.74, 6) is 2.74. The Morgan fingerprint density at radius 3 is 2.69 bits per heavy atom. The number of allylic oxidation sites excluding steroid dienone is 1. The van der Waals surface area contributed by atoms with Crippen LogP contribution in [0.4, 0.5) is 10.3 Å². The van der Waals surface area contributed by atoms with Gasteiger partial charge < -0.3 is 14.5 Å². The van der Waals surface area contributed by atoms with Crippen molar-refractivity contribution in [3.05, 3.63) is 57.3 Å². The highest BCUT2D eigenvalue weighted by Crippen LogP contribution is 2.50. The Hall–Kier alpha value is -3.05. The number of rotatable bonds is 10. The molecule has 1 unspecified atom stereocenters. The summed E-state index contributed by atoms with van der Waals surface area (Å²) in [6.07, 6.45) is 11.1. The second kappa shape index (κ2) is 12.0. The van der Waals surface area contributed by atoms with E-state index in [0.717, 1.165) is 50.1 Å². The van der Waals surface area contributed by atoms with E-state index in [9.17, 15) is 14.0 Å². The largest absolute Gasteiger partial charge is 0.374 e. The third kappa shape index (κ3) is 6.94. The highest BCUT2D eigenvalue weighted by atomic mass is 35.5. The van der Waals surface area contributed by atoms with E-state index < -0.39 is 0 Å². The SMILES string of the molecule is CN(Cc1nn(C)c(=O)[nH]1)C(=O)CC1=C(F)CC(OCC[C@@H]2C[C@@H]2C2CCN(c3ncc(Cl)cn3)CC2)C=C1. The van der Waals surface area contributed by atoms with Gasteiger partial charge in [0.15, 0.2) is 5.82 Å². The topological polar surface area (TPSA) is 109 Å². The summed E-state index contributed by atoms with van der Waals surface area (Å²) in [4.78, 5) is 39.0. The number of carbonyl (C=O) groups is 1. The van der Waals surface area contributed by atoms with E-state index in [-0.39, 0.29) is 42.9 Å². The lowest BCUT2D eigenvalue weighted by Gasteiger charge is -2.32. The van der Waals surface area contributed by atoms with Crippen LogP contribution >= 0.6 is 11.6 Å². The molecule has 3 aliphatic rings. The number of hydrogen-bond acceptors (Lipinski definition) is 7. The molecule has 0 bridgehead atoms. The Labute approximate surface area is 231 Å². The number of nitrogens with one attached hydrogen (secondary N) is 1. The molecular weight excluding hydrogens is 525 g/mol. The number of hydrogen-bond donors (Lipinski definition) is 1. The highest BCUT2D eigenvalue weighted by molar-refractivity contribution is 6.30. The Morgan fingerprint density at radius 2 is 2.03 bits per heavy atom. The van der Waals surface area contributed by atoms with Crippen molar-refractivity contribution in [2.75, 3.05) is 31.6 Å². The van der Waals surface area contributed by atoms with Crippen molar-refractivity contribution in [1.82, 2.24) is 29.6 Å². The van der Waals surface area contributed by atoms with Crippen LogP contribution in [0.1, 0.15) is 44.3 Å². The summed E-state index contributed by atoms with van der Waals surface area (Å²) in [5.41, 5.74) is 0.0305. The molecule has 3 atom stereocenters. The number of ether oxygens (including phenoxy) is 1. The summed E-state index contributed by atoms with van der Waals surface area (Å²) in [5, 5.41) is 4.58.